The van der Waals surface area contributed by atoms with Crippen molar-refractivity contribution in [3.8, 4) is 5.75 Å². The summed E-state index contributed by atoms with van der Waals surface area (Å²) in [7, 11) is -3.66. The molecule has 182 valence electrons. The van der Waals surface area contributed by atoms with E-state index in [0.29, 0.717) is 44.6 Å². The van der Waals surface area contributed by atoms with Crippen molar-refractivity contribution in [3.63, 3.8) is 0 Å². The summed E-state index contributed by atoms with van der Waals surface area (Å²) >= 11 is 0. The van der Waals surface area contributed by atoms with E-state index in [0.717, 1.165) is 29.8 Å². The summed E-state index contributed by atoms with van der Waals surface area (Å²) in [5.41, 5.74) is 2.38. The van der Waals surface area contributed by atoms with E-state index in [1.54, 1.807) is 22.9 Å². The second kappa shape index (κ2) is 10.5. The minimum absolute atomic E-state index is 0.0418. The number of aromatic nitrogens is 3. The molecule has 0 atom stereocenters. The lowest BCUT2D eigenvalue weighted by Gasteiger charge is -2.30. The molecule has 1 aliphatic heterocycles. The van der Waals surface area contributed by atoms with E-state index in [9.17, 15) is 13.2 Å². The van der Waals surface area contributed by atoms with Crippen LogP contribution in [-0.2, 0) is 27.9 Å². The van der Waals surface area contributed by atoms with Crippen LogP contribution in [0.5, 0.6) is 5.75 Å². The van der Waals surface area contributed by atoms with E-state index in [4.69, 9.17) is 4.74 Å². The van der Waals surface area contributed by atoms with E-state index < -0.39 is 10.0 Å². The summed E-state index contributed by atoms with van der Waals surface area (Å²) in [6.07, 6.45) is 1.90. The van der Waals surface area contributed by atoms with Gasteiger partial charge >= 0.3 is 0 Å². The molecule has 0 bridgehead atoms. The molecule has 34 heavy (non-hydrogen) atoms. The van der Waals surface area contributed by atoms with Crippen LogP contribution in [0.25, 0.3) is 11.0 Å². The first-order valence-corrected chi connectivity index (χ1v) is 13.2. The largest absolute Gasteiger partial charge is 0.494 e. The Kier molecular flexibility index (Phi) is 7.47. The molecule has 2 aromatic carbocycles. The number of amides is 1. The van der Waals surface area contributed by atoms with Crippen LogP contribution in [0.1, 0.15) is 38.7 Å². The topological polar surface area (TPSA) is 106 Å². The Labute approximate surface area is 200 Å². The SMILES string of the molecule is CCCn1nnc2cc(S(=O)(=O)N3CCC(C(=O)NCc4ccc(OCC)cc4)CC3)ccc21. The number of nitrogens with zero attached hydrogens (tertiary/aromatic N) is 4. The standard InChI is InChI=1S/C24H31N5O4S/c1-3-13-29-23-10-9-21(16-22(23)26-27-29)34(31,32)28-14-11-19(12-15-28)24(30)25-17-18-5-7-20(8-6-18)33-4-2/h5-10,16,19H,3-4,11-15,17H2,1-2H3,(H,25,30). The summed E-state index contributed by atoms with van der Waals surface area (Å²) in [6, 6.07) is 12.6. The molecule has 9 nitrogen and oxygen atoms in total. The van der Waals surface area contributed by atoms with Crippen LogP contribution in [0.3, 0.4) is 0 Å². The molecule has 1 amide bonds. The third-order valence-corrected chi connectivity index (χ3v) is 7.98. The molecule has 4 rings (SSSR count). The van der Waals surface area contributed by atoms with Crippen molar-refractivity contribution < 1.29 is 17.9 Å². The number of piperidine rings is 1. The van der Waals surface area contributed by atoms with Crippen LogP contribution in [0.2, 0.25) is 0 Å². The van der Waals surface area contributed by atoms with E-state index in [2.05, 4.69) is 22.6 Å². The number of fused-ring (bicyclic) bond motifs is 1. The Morgan fingerprint density at radius 1 is 1.12 bits per heavy atom. The lowest BCUT2D eigenvalue weighted by Crippen LogP contribution is -2.42. The molecule has 0 radical (unpaired) electrons. The van der Waals surface area contributed by atoms with Gasteiger partial charge in [-0.2, -0.15) is 4.31 Å². The maximum Gasteiger partial charge on any atom is 0.243 e. The Morgan fingerprint density at radius 2 is 1.85 bits per heavy atom. The first-order chi connectivity index (χ1) is 16.4. The minimum atomic E-state index is -3.66. The lowest BCUT2D eigenvalue weighted by atomic mass is 9.97. The van der Waals surface area contributed by atoms with Gasteiger partial charge in [0.2, 0.25) is 15.9 Å². The van der Waals surface area contributed by atoms with Gasteiger partial charge in [-0.15, -0.1) is 5.10 Å². The average Bonchev–Trinajstić information content (AvgIpc) is 3.26. The molecule has 1 N–H and O–H groups in total. The van der Waals surface area contributed by atoms with Gasteiger partial charge in [0.15, 0.2) is 0 Å². The number of aryl methyl sites for hydroxylation is 1. The smallest absolute Gasteiger partial charge is 0.243 e. The Balaban J connectivity index is 1.33. The van der Waals surface area contributed by atoms with Crippen molar-refractivity contribution in [3.05, 3.63) is 48.0 Å². The number of ether oxygens (including phenoxy) is 1. The quantitative estimate of drug-likeness (QED) is 0.499. The maximum atomic E-state index is 13.2. The van der Waals surface area contributed by atoms with Crippen molar-refractivity contribution >= 4 is 27.0 Å². The highest BCUT2D eigenvalue weighted by Gasteiger charge is 2.32. The van der Waals surface area contributed by atoms with Gasteiger partial charge in [0.25, 0.3) is 0 Å². The summed E-state index contributed by atoms with van der Waals surface area (Å²) < 4.78 is 35.0. The highest BCUT2D eigenvalue weighted by molar-refractivity contribution is 7.89. The van der Waals surface area contributed by atoms with Gasteiger partial charge in [0.05, 0.1) is 17.0 Å². The molecule has 3 aromatic rings. The van der Waals surface area contributed by atoms with E-state index >= 15 is 0 Å². The molecule has 0 spiro atoms. The average molecular weight is 486 g/mol. The Bertz CT molecular complexity index is 1230. The Morgan fingerprint density at radius 3 is 2.53 bits per heavy atom. The van der Waals surface area contributed by atoms with Gasteiger partial charge in [0, 0.05) is 32.1 Å². The fraction of sp³-hybridized carbons (Fsp3) is 0.458. The minimum Gasteiger partial charge on any atom is -0.494 e. The normalized spacial score (nSPS) is 15.5. The predicted molar refractivity (Wildman–Crippen MR) is 129 cm³/mol. The molecular formula is C24H31N5O4S. The highest BCUT2D eigenvalue weighted by Crippen LogP contribution is 2.26. The van der Waals surface area contributed by atoms with Gasteiger partial charge in [-0.3, -0.25) is 4.79 Å². The van der Waals surface area contributed by atoms with Crippen molar-refractivity contribution in [2.45, 2.75) is 51.1 Å². The number of carbonyl (C=O) groups is 1. The first-order valence-electron chi connectivity index (χ1n) is 11.7. The lowest BCUT2D eigenvalue weighted by molar-refractivity contribution is -0.126. The van der Waals surface area contributed by atoms with Gasteiger partial charge in [-0.1, -0.05) is 24.3 Å². The van der Waals surface area contributed by atoms with E-state index in [-0.39, 0.29) is 16.7 Å². The number of hydrogen-bond acceptors (Lipinski definition) is 6. The van der Waals surface area contributed by atoms with Gasteiger partial charge in [0.1, 0.15) is 11.3 Å². The van der Waals surface area contributed by atoms with Gasteiger partial charge in [-0.25, -0.2) is 13.1 Å². The van der Waals surface area contributed by atoms with Crippen LogP contribution < -0.4 is 10.1 Å². The van der Waals surface area contributed by atoms with Crippen molar-refractivity contribution in [1.82, 2.24) is 24.6 Å². The van der Waals surface area contributed by atoms with Crippen LogP contribution in [0.15, 0.2) is 47.4 Å². The van der Waals surface area contributed by atoms with Crippen LogP contribution >= 0.6 is 0 Å². The number of carbonyl (C=O) groups excluding carboxylic acids is 1. The zero-order valence-corrected chi connectivity index (χ0v) is 20.4. The third-order valence-electron chi connectivity index (χ3n) is 6.08. The molecule has 0 saturated carbocycles. The summed E-state index contributed by atoms with van der Waals surface area (Å²) in [5, 5.41) is 11.2. The third kappa shape index (κ3) is 5.23. The zero-order valence-electron chi connectivity index (χ0n) is 19.6. The van der Waals surface area contributed by atoms with Gasteiger partial charge < -0.3 is 10.1 Å². The first kappa shape index (κ1) is 24.2. The summed E-state index contributed by atoms with van der Waals surface area (Å²) in [5.74, 6) is 0.557. The van der Waals surface area contributed by atoms with Crippen molar-refractivity contribution in [2.75, 3.05) is 19.7 Å². The van der Waals surface area contributed by atoms with Crippen LogP contribution in [-0.4, -0.2) is 53.3 Å². The monoisotopic (exact) mass is 485 g/mol. The molecular weight excluding hydrogens is 454 g/mol. The van der Waals surface area contributed by atoms with Crippen molar-refractivity contribution in [1.29, 1.82) is 0 Å². The van der Waals surface area contributed by atoms with Crippen LogP contribution in [0, 0.1) is 5.92 Å². The molecule has 10 heteroatoms. The number of rotatable bonds is 9. The second-order valence-electron chi connectivity index (χ2n) is 8.44. The predicted octanol–water partition coefficient (Wildman–Crippen LogP) is 2.96. The van der Waals surface area contributed by atoms with Gasteiger partial charge in [-0.05, 0) is 62.1 Å². The molecule has 1 aromatic heterocycles. The Hall–Kier alpha value is -2.98. The fourth-order valence-corrected chi connectivity index (χ4v) is 5.69. The number of hydrogen-bond donors (Lipinski definition) is 1. The van der Waals surface area contributed by atoms with Crippen LogP contribution in [0.4, 0.5) is 0 Å². The van der Waals surface area contributed by atoms with Crippen molar-refractivity contribution in [2.24, 2.45) is 5.92 Å². The highest BCUT2D eigenvalue weighted by atomic mass is 32.2. The van der Waals surface area contributed by atoms with E-state index in [1.807, 2.05) is 31.2 Å². The van der Waals surface area contributed by atoms with E-state index in [1.165, 1.54) is 4.31 Å². The number of sulfonamides is 1. The number of benzene rings is 2. The number of nitrogens with one attached hydrogen (secondary N) is 1. The molecule has 1 saturated heterocycles. The molecule has 1 fully saturated rings. The zero-order chi connectivity index (χ0) is 24.1. The fourth-order valence-electron chi connectivity index (χ4n) is 4.20. The second-order valence-corrected chi connectivity index (χ2v) is 10.4. The molecule has 0 aliphatic carbocycles. The molecule has 1 aliphatic rings. The molecule has 0 unspecified atom stereocenters. The summed E-state index contributed by atoms with van der Waals surface area (Å²) in [4.78, 5) is 12.9. The molecule has 2 heterocycles. The summed E-state index contributed by atoms with van der Waals surface area (Å²) in [6.45, 7) is 6.38. The maximum absolute atomic E-state index is 13.2.